The number of nitrogens with two attached hydrogens (primary N) is 2. The summed E-state index contributed by atoms with van der Waals surface area (Å²) in [5, 5.41) is -0.770. The van der Waals surface area contributed by atoms with E-state index in [2.05, 4.69) is 0 Å². The van der Waals surface area contributed by atoms with Gasteiger partial charge >= 0.3 is 0 Å². The fourth-order valence-electron chi connectivity index (χ4n) is 0.827. The van der Waals surface area contributed by atoms with E-state index < -0.39 is 10.9 Å². The van der Waals surface area contributed by atoms with Crippen LogP contribution in [0.4, 0.5) is 0 Å². The highest BCUT2D eigenvalue weighted by molar-refractivity contribution is 6.65. The first-order valence-electron chi connectivity index (χ1n) is 3.38. The lowest BCUT2D eigenvalue weighted by Crippen LogP contribution is -2.51. The molecule has 0 fully saturated rings. The molecule has 0 spiro atoms. The standard InChI is InChI=1S/C8H9ClN2O.ClH/c9-7(12)8(10,11)6-4-2-1-3-5-6;/h1-5H,10-11H2;1H. The molecule has 0 bridgehead atoms. The van der Waals surface area contributed by atoms with Crippen molar-refractivity contribution in [2.24, 2.45) is 11.5 Å². The van der Waals surface area contributed by atoms with Gasteiger partial charge in [0.1, 0.15) is 0 Å². The minimum Gasteiger partial charge on any atom is -0.302 e. The van der Waals surface area contributed by atoms with Gasteiger partial charge < -0.3 is 11.5 Å². The molecule has 0 saturated heterocycles. The summed E-state index contributed by atoms with van der Waals surface area (Å²) in [4.78, 5) is 10.8. The average Bonchev–Trinajstić information content (AvgIpc) is 2.06. The molecule has 1 rings (SSSR count). The molecular weight excluding hydrogens is 211 g/mol. The Morgan fingerprint density at radius 2 is 1.69 bits per heavy atom. The Morgan fingerprint density at radius 3 is 2.08 bits per heavy atom. The van der Waals surface area contributed by atoms with E-state index in [0.717, 1.165) is 0 Å². The molecule has 0 heterocycles. The molecule has 0 aliphatic carbocycles. The van der Waals surface area contributed by atoms with Gasteiger partial charge in [0.25, 0.3) is 5.24 Å². The molecule has 4 N–H and O–H groups in total. The van der Waals surface area contributed by atoms with Crippen molar-refractivity contribution in [2.75, 3.05) is 0 Å². The maximum absolute atomic E-state index is 10.8. The third-order valence-corrected chi connectivity index (χ3v) is 1.89. The van der Waals surface area contributed by atoms with Crippen molar-refractivity contribution in [2.45, 2.75) is 5.66 Å². The summed E-state index contributed by atoms with van der Waals surface area (Å²) in [6, 6.07) is 8.59. The highest BCUT2D eigenvalue weighted by Crippen LogP contribution is 2.14. The summed E-state index contributed by atoms with van der Waals surface area (Å²) in [6.45, 7) is 0. The zero-order valence-electron chi connectivity index (χ0n) is 6.74. The minimum atomic E-state index is -1.58. The number of carbonyl (C=O) groups excluding carboxylic acids is 1. The van der Waals surface area contributed by atoms with Crippen LogP contribution in [0.3, 0.4) is 0 Å². The van der Waals surface area contributed by atoms with Crippen LogP contribution in [0.5, 0.6) is 0 Å². The van der Waals surface area contributed by atoms with Crippen LogP contribution in [0.25, 0.3) is 0 Å². The van der Waals surface area contributed by atoms with Crippen molar-refractivity contribution < 1.29 is 4.79 Å². The Hall–Kier alpha value is -0.610. The van der Waals surface area contributed by atoms with Crippen LogP contribution < -0.4 is 11.5 Å². The predicted molar refractivity (Wildman–Crippen MR) is 54.6 cm³/mol. The fourth-order valence-corrected chi connectivity index (χ4v) is 0.937. The molecule has 72 valence electrons. The average molecular weight is 221 g/mol. The maximum atomic E-state index is 10.8. The van der Waals surface area contributed by atoms with E-state index in [1.807, 2.05) is 0 Å². The van der Waals surface area contributed by atoms with Crippen molar-refractivity contribution in [1.29, 1.82) is 0 Å². The lowest BCUT2D eigenvalue weighted by molar-refractivity contribution is -0.116. The van der Waals surface area contributed by atoms with Gasteiger partial charge in [0.15, 0.2) is 5.66 Å². The van der Waals surface area contributed by atoms with Gasteiger partial charge in [0, 0.05) is 0 Å². The Balaban J connectivity index is 0.00000144. The van der Waals surface area contributed by atoms with Gasteiger partial charge in [0.2, 0.25) is 0 Å². The SMILES string of the molecule is Cl.NC(N)(C(=O)Cl)c1ccccc1. The van der Waals surface area contributed by atoms with E-state index in [1.54, 1.807) is 30.3 Å². The molecule has 1 aromatic rings. The van der Waals surface area contributed by atoms with E-state index in [-0.39, 0.29) is 12.4 Å². The number of carbonyl (C=O) groups is 1. The van der Waals surface area contributed by atoms with Gasteiger partial charge in [-0.2, -0.15) is 0 Å². The molecule has 0 aliphatic rings. The Kier molecular flexibility index (Phi) is 4.36. The van der Waals surface area contributed by atoms with E-state index in [9.17, 15) is 4.79 Å². The molecule has 0 unspecified atom stereocenters. The van der Waals surface area contributed by atoms with E-state index >= 15 is 0 Å². The lowest BCUT2D eigenvalue weighted by atomic mass is 10.0. The van der Waals surface area contributed by atoms with Crippen LogP contribution in [0.1, 0.15) is 5.56 Å². The first kappa shape index (κ1) is 12.4. The van der Waals surface area contributed by atoms with Crippen molar-refractivity contribution in [3.05, 3.63) is 35.9 Å². The molecule has 5 heteroatoms. The molecular formula is C8H10Cl2N2O. The monoisotopic (exact) mass is 220 g/mol. The van der Waals surface area contributed by atoms with Gasteiger partial charge in [-0.05, 0) is 17.2 Å². The van der Waals surface area contributed by atoms with Crippen molar-refractivity contribution in [1.82, 2.24) is 0 Å². The maximum Gasteiger partial charge on any atom is 0.260 e. The van der Waals surface area contributed by atoms with Crippen molar-refractivity contribution >= 4 is 29.3 Å². The molecule has 0 atom stereocenters. The second-order valence-corrected chi connectivity index (χ2v) is 2.85. The normalized spacial score (nSPS) is 10.4. The van der Waals surface area contributed by atoms with Crippen LogP contribution in [0.2, 0.25) is 0 Å². The van der Waals surface area contributed by atoms with Gasteiger partial charge in [-0.3, -0.25) is 4.79 Å². The van der Waals surface area contributed by atoms with Crippen LogP contribution in [-0.2, 0) is 10.5 Å². The van der Waals surface area contributed by atoms with Crippen LogP contribution in [0, 0.1) is 0 Å². The number of hydrogen-bond donors (Lipinski definition) is 2. The summed E-state index contributed by atoms with van der Waals surface area (Å²) in [7, 11) is 0. The largest absolute Gasteiger partial charge is 0.302 e. The summed E-state index contributed by atoms with van der Waals surface area (Å²) in [5.74, 6) is 0. The summed E-state index contributed by atoms with van der Waals surface area (Å²) in [5.41, 5.74) is 9.88. The second-order valence-electron chi connectivity index (χ2n) is 2.51. The molecule has 0 aliphatic heterocycles. The van der Waals surface area contributed by atoms with Crippen LogP contribution in [-0.4, -0.2) is 5.24 Å². The number of rotatable bonds is 2. The first-order chi connectivity index (χ1) is 5.55. The lowest BCUT2D eigenvalue weighted by Gasteiger charge is -2.19. The molecule has 0 radical (unpaired) electrons. The molecule has 13 heavy (non-hydrogen) atoms. The van der Waals surface area contributed by atoms with E-state index in [0.29, 0.717) is 5.56 Å². The second kappa shape index (κ2) is 4.58. The van der Waals surface area contributed by atoms with Gasteiger partial charge in [-0.1, -0.05) is 30.3 Å². The summed E-state index contributed by atoms with van der Waals surface area (Å²) < 4.78 is 0. The first-order valence-corrected chi connectivity index (χ1v) is 3.76. The minimum absolute atomic E-state index is 0. The van der Waals surface area contributed by atoms with Crippen LogP contribution >= 0.6 is 24.0 Å². The topological polar surface area (TPSA) is 69.1 Å². The highest BCUT2D eigenvalue weighted by Gasteiger charge is 2.29. The van der Waals surface area contributed by atoms with Crippen molar-refractivity contribution in [3.63, 3.8) is 0 Å². The Bertz CT molecular complexity index is 287. The summed E-state index contributed by atoms with van der Waals surface area (Å²) in [6.07, 6.45) is 0. The Morgan fingerprint density at radius 1 is 1.23 bits per heavy atom. The smallest absolute Gasteiger partial charge is 0.260 e. The van der Waals surface area contributed by atoms with Crippen molar-refractivity contribution in [3.8, 4) is 0 Å². The highest BCUT2D eigenvalue weighted by atomic mass is 35.5. The molecule has 3 nitrogen and oxygen atoms in total. The third-order valence-electron chi connectivity index (χ3n) is 1.58. The Labute approximate surface area is 87.5 Å². The number of halogens is 2. The van der Waals surface area contributed by atoms with Gasteiger partial charge in [-0.25, -0.2) is 0 Å². The van der Waals surface area contributed by atoms with Gasteiger partial charge in [-0.15, -0.1) is 12.4 Å². The van der Waals surface area contributed by atoms with E-state index in [4.69, 9.17) is 23.1 Å². The third kappa shape index (κ3) is 2.67. The number of hydrogen-bond acceptors (Lipinski definition) is 3. The summed E-state index contributed by atoms with van der Waals surface area (Å²) >= 11 is 5.22. The van der Waals surface area contributed by atoms with Gasteiger partial charge in [0.05, 0.1) is 0 Å². The molecule has 0 amide bonds. The predicted octanol–water partition coefficient (Wildman–Crippen LogP) is 0.944. The zero-order valence-corrected chi connectivity index (χ0v) is 8.31. The van der Waals surface area contributed by atoms with Crippen LogP contribution in [0.15, 0.2) is 30.3 Å². The van der Waals surface area contributed by atoms with E-state index in [1.165, 1.54) is 0 Å². The quantitative estimate of drug-likeness (QED) is 0.576. The molecule has 1 aromatic carbocycles. The molecule has 0 saturated carbocycles. The molecule has 0 aromatic heterocycles. The fraction of sp³-hybridized carbons (Fsp3) is 0.125. The zero-order chi connectivity index (χ0) is 9.19. The number of benzene rings is 1.